The van der Waals surface area contributed by atoms with E-state index in [2.05, 4.69) is 24.1 Å². The summed E-state index contributed by atoms with van der Waals surface area (Å²) < 4.78 is 0. The summed E-state index contributed by atoms with van der Waals surface area (Å²) in [5, 5.41) is 3.30. The third-order valence-electron chi connectivity index (χ3n) is 3.53. The van der Waals surface area contributed by atoms with Gasteiger partial charge in [0.1, 0.15) is 0 Å². The first-order chi connectivity index (χ1) is 7.66. The SMILES string of the molecule is CC(C)CC(=O)N1CCN(C2CNC2)CC1. The molecular weight excluding hydrogens is 202 g/mol. The molecule has 0 radical (unpaired) electrons. The van der Waals surface area contributed by atoms with E-state index in [1.165, 1.54) is 0 Å². The number of carbonyl (C=O) groups is 1. The second kappa shape index (κ2) is 5.15. The molecule has 16 heavy (non-hydrogen) atoms. The van der Waals surface area contributed by atoms with Crippen molar-refractivity contribution in [2.24, 2.45) is 5.92 Å². The fraction of sp³-hybridized carbons (Fsp3) is 0.917. The Morgan fingerprint density at radius 2 is 1.88 bits per heavy atom. The maximum atomic E-state index is 11.9. The molecule has 2 rings (SSSR count). The van der Waals surface area contributed by atoms with Crippen molar-refractivity contribution in [2.45, 2.75) is 26.3 Å². The summed E-state index contributed by atoms with van der Waals surface area (Å²) in [4.78, 5) is 16.4. The summed E-state index contributed by atoms with van der Waals surface area (Å²) >= 11 is 0. The van der Waals surface area contributed by atoms with Gasteiger partial charge in [-0.05, 0) is 5.92 Å². The van der Waals surface area contributed by atoms with Crippen molar-refractivity contribution in [1.82, 2.24) is 15.1 Å². The first kappa shape index (κ1) is 11.9. The van der Waals surface area contributed by atoms with Gasteiger partial charge in [0, 0.05) is 51.7 Å². The van der Waals surface area contributed by atoms with Crippen LogP contribution in [0.25, 0.3) is 0 Å². The summed E-state index contributed by atoms with van der Waals surface area (Å²) in [5.74, 6) is 0.808. The molecule has 0 aromatic heterocycles. The quantitative estimate of drug-likeness (QED) is 0.742. The summed E-state index contributed by atoms with van der Waals surface area (Å²) in [7, 11) is 0. The van der Waals surface area contributed by atoms with E-state index in [1.54, 1.807) is 0 Å². The van der Waals surface area contributed by atoms with Gasteiger partial charge in [-0.3, -0.25) is 9.69 Å². The van der Waals surface area contributed by atoms with Crippen LogP contribution in [-0.2, 0) is 4.79 Å². The van der Waals surface area contributed by atoms with E-state index in [0.29, 0.717) is 18.2 Å². The van der Waals surface area contributed by atoms with Gasteiger partial charge < -0.3 is 10.2 Å². The molecule has 2 aliphatic heterocycles. The van der Waals surface area contributed by atoms with Crippen LogP contribution in [0.5, 0.6) is 0 Å². The standard InChI is InChI=1S/C12H23N3O/c1-10(2)7-12(16)15-5-3-14(4-6-15)11-8-13-9-11/h10-11,13H,3-9H2,1-2H3. The third kappa shape index (κ3) is 2.74. The van der Waals surface area contributed by atoms with Gasteiger partial charge in [-0.15, -0.1) is 0 Å². The predicted molar refractivity (Wildman–Crippen MR) is 64.3 cm³/mol. The van der Waals surface area contributed by atoms with Crippen LogP contribution in [0.15, 0.2) is 0 Å². The second-order valence-electron chi connectivity index (χ2n) is 5.33. The summed E-state index contributed by atoms with van der Waals surface area (Å²) in [6.45, 7) is 10.4. The molecule has 2 aliphatic rings. The van der Waals surface area contributed by atoms with Crippen LogP contribution in [0.2, 0.25) is 0 Å². The molecule has 0 aromatic rings. The zero-order valence-electron chi connectivity index (χ0n) is 10.4. The van der Waals surface area contributed by atoms with Gasteiger partial charge in [-0.1, -0.05) is 13.8 Å². The van der Waals surface area contributed by atoms with Gasteiger partial charge in [0.25, 0.3) is 0 Å². The number of rotatable bonds is 3. The molecule has 4 nitrogen and oxygen atoms in total. The number of amides is 1. The lowest BCUT2D eigenvalue weighted by Crippen LogP contribution is -2.62. The summed E-state index contributed by atoms with van der Waals surface area (Å²) in [5.41, 5.74) is 0. The largest absolute Gasteiger partial charge is 0.340 e. The molecule has 0 aromatic carbocycles. The van der Waals surface area contributed by atoms with Crippen molar-refractivity contribution in [3.8, 4) is 0 Å². The van der Waals surface area contributed by atoms with Crippen molar-refractivity contribution in [1.29, 1.82) is 0 Å². The van der Waals surface area contributed by atoms with Gasteiger partial charge in [-0.2, -0.15) is 0 Å². The zero-order valence-corrected chi connectivity index (χ0v) is 10.4. The molecule has 2 saturated heterocycles. The van der Waals surface area contributed by atoms with E-state index in [-0.39, 0.29) is 0 Å². The van der Waals surface area contributed by atoms with E-state index in [1.807, 2.05) is 4.90 Å². The number of nitrogens with one attached hydrogen (secondary N) is 1. The molecule has 0 atom stereocenters. The average molecular weight is 225 g/mol. The Kier molecular flexibility index (Phi) is 3.82. The van der Waals surface area contributed by atoms with Gasteiger partial charge in [-0.25, -0.2) is 0 Å². The molecule has 1 amide bonds. The van der Waals surface area contributed by atoms with Crippen LogP contribution in [0.3, 0.4) is 0 Å². The highest BCUT2D eigenvalue weighted by Gasteiger charge is 2.29. The van der Waals surface area contributed by atoms with Crippen LogP contribution in [0, 0.1) is 5.92 Å². The molecule has 0 spiro atoms. The summed E-state index contributed by atoms with van der Waals surface area (Å²) in [6, 6.07) is 0.724. The molecule has 0 bridgehead atoms. The van der Waals surface area contributed by atoms with Gasteiger partial charge in [0.2, 0.25) is 5.91 Å². The third-order valence-corrected chi connectivity index (χ3v) is 3.53. The molecule has 4 heteroatoms. The lowest BCUT2D eigenvalue weighted by molar-refractivity contribution is -0.134. The molecule has 92 valence electrons. The Hall–Kier alpha value is -0.610. The zero-order chi connectivity index (χ0) is 11.5. The molecule has 0 unspecified atom stereocenters. The fourth-order valence-electron chi connectivity index (χ4n) is 2.35. The highest BCUT2D eigenvalue weighted by molar-refractivity contribution is 5.76. The molecule has 0 saturated carbocycles. The van der Waals surface area contributed by atoms with Crippen LogP contribution < -0.4 is 5.32 Å². The van der Waals surface area contributed by atoms with E-state index in [0.717, 1.165) is 45.3 Å². The number of nitrogens with zero attached hydrogens (tertiary/aromatic N) is 2. The monoisotopic (exact) mass is 225 g/mol. The number of hydrogen-bond donors (Lipinski definition) is 1. The number of carbonyl (C=O) groups excluding carboxylic acids is 1. The van der Waals surface area contributed by atoms with Crippen molar-refractivity contribution in [3.05, 3.63) is 0 Å². The lowest BCUT2D eigenvalue weighted by Gasteiger charge is -2.43. The molecule has 2 heterocycles. The Morgan fingerprint density at radius 1 is 1.25 bits per heavy atom. The first-order valence-electron chi connectivity index (χ1n) is 6.39. The minimum Gasteiger partial charge on any atom is -0.340 e. The van der Waals surface area contributed by atoms with E-state index < -0.39 is 0 Å². The Morgan fingerprint density at radius 3 is 2.31 bits per heavy atom. The van der Waals surface area contributed by atoms with Crippen molar-refractivity contribution in [2.75, 3.05) is 39.3 Å². The van der Waals surface area contributed by atoms with Crippen LogP contribution in [-0.4, -0.2) is 61.0 Å². The average Bonchev–Trinajstić information content (AvgIpc) is 2.15. The van der Waals surface area contributed by atoms with Crippen LogP contribution >= 0.6 is 0 Å². The van der Waals surface area contributed by atoms with Gasteiger partial charge in [0.15, 0.2) is 0 Å². The minimum atomic E-state index is 0.335. The summed E-state index contributed by atoms with van der Waals surface area (Å²) in [6.07, 6.45) is 0.699. The first-order valence-corrected chi connectivity index (χ1v) is 6.39. The fourth-order valence-corrected chi connectivity index (χ4v) is 2.35. The Labute approximate surface area is 98.0 Å². The molecular formula is C12H23N3O. The van der Waals surface area contributed by atoms with Gasteiger partial charge >= 0.3 is 0 Å². The van der Waals surface area contributed by atoms with Crippen molar-refractivity contribution in [3.63, 3.8) is 0 Å². The smallest absolute Gasteiger partial charge is 0.222 e. The lowest BCUT2D eigenvalue weighted by atomic mass is 10.1. The normalized spacial score (nSPS) is 23.6. The Balaban J connectivity index is 1.73. The molecule has 1 N–H and O–H groups in total. The highest BCUT2D eigenvalue weighted by atomic mass is 16.2. The Bertz CT molecular complexity index is 243. The maximum Gasteiger partial charge on any atom is 0.222 e. The van der Waals surface area contributed by atoms with E-state index in [9.17, 15) is 4.79 Å². The maximum absolute atomic E-state index is 11.9. The van der Waals surface area contributed by atoms with Crippen molar-refractivity contribution >= 4 is 5.91 Å². The van der Waals surface area contributed by atoms with Crippen molar-refractivity contribution < 1.29 is 4.79 Å². The number of hydrogen-bond acceptors (Lipinski definition) is 3. The van der Waals surface area contributed by atoms with Gasteiger partial charge in [0.05, 0.1) is 0 Å². The van der Waals surface area contributed by atoms with E-state index >= 15 is 0 Å². The highest BCUT2D eigenvalue weighted by Crippen LogP contribution is 2.12. The predicted octanol–water partition coefficient (Wildman–Crippen LogP) is 0.149. The van der Waals surface area contributed by atoms with E-state index in [4.69, 9.17) is 0 Å². The molecule has 2 fully saturated rings. The number of piperazine rings is 1. The topological polar surface area (TPSA) is 35.6 Å². The molecule has 0 aliphatic carbocycles. The second-order valence-corrected chi connectivity index (χ2v) is 5.33. The minimum absolute atomic E-state index is 0.335. The van der Waals surface area contributed by atoms with Crippen LogP contribution in [0.4, 0.5) is 0 Å². The van der Waals surface area contributed by atoms with Crippen LogP contribution in [0.1, 0.15) is 20.3 Å².